The highest BCUT2D eigenvalue weighted by molar-refractivity contribution is 5.88. The van der Waals surface area contributed by atoms with E-state index in [4.69, 9.17) is 0 Å². The van der Waals surface area contributed by atoms with Gasteiger partial charge in [0.15, 0.2) is 0 Å². The smallest absolute Gasteiger partial charge is 0.227 e. The first kappa shape index (κ1) is 12.5. The van der Waals surface area contributed by atoms with Crippen LogP contribution in [0.5, 0.6) is 0 Å². The third-order valence-corrected chi connectivity index (χ3v) is 5.88. The minimum atomic E-state index is 0.190. The highest BCUT2D eigenvalue weighted by atomic mass is 16.2. The van der Waals surface area contributed by atoms with E-state index in [-0.39, 0.29) is 12.0 Å². The van der Waals surface area contributed by atoms with Crippen LogP contribution in [0.1, 0.15) is 37.1 Å². The van der Waals surface area contributed by atoms with Crippen molar-refractivity contribution in [2.24, 2.45) is 11.8 Å². The van der Waals surface area contributed by atoms with Crippen molar-refractivity contribution in [3.63, 3.8) is 0 Å². The fourth-order valence-electron chi connectivity index (χ4n) is 4.93. The summed E-state index contributed by atoms with van der Waals surface area (Å²) in [4.78, 5) is 18.7. The van der Waals surface area contributed by atoms with E-state index >= 15 is 0 Å². The Kier molecular flexibility index (Phi) is 2.42. The molecule has 3 aliphatic rings. The van der Waals surface area contributed by atoms with E-state index in [1.54, 1.807) is 0 Å². The number of amides is 1. The van der Waals surface area contributed by atoms with Crippen molar-refractivity contribution in [2.45, 2.75) is 38.3 Å². The van der Waals surface area contributed by atoms with Crippen molar-refractivity contribution >= 4 is 16.8 Å². The molecule has 1 aliphatic carbocycles. The number of rotatable bonds is 0. The number of carbonyl (C=O) groups excluding carboxylic acids is 1. The third kappa shape index (κ3) is 1.44. The summed E-state index contributed by atoms with van der Waals surface area (Å²) in [6, 6.07) is 9.10. The molecule has 1 saturated heterocycles. The first-order valence-electron chi connectivity index (χ1n) is 8.32. The second kappa shape index (κ2) is 4.25. The van der Waals surface area contributed by atoms with Crippen LogP contribution in [-0.4, -0.2) is 21.8 Å². The molecule has 0 radical (unpaired) electrons. The van der Waals surface area contributed by atoms with Crippen LogP contribution in [0.2, 0.25) is 0 Å². The number of carbonyl (C=O) groups is 1. The maximum absolute atomic E-state index is 12.9. The van der Waals surface area contributed by atoms with E-state index in [0.717, 1.165) is 19.3 Å². The van der Waals surface area contributed by atoms with Crippen LogP contribution in [0.15, 0.2) is 36.4 Å². The van der Waals surface area contributed by atoms with Gasteiger partial charge in [-0.2, -0.15) is 0 Å². The highest BCUT2D eigenvalue weighted by Crippen LogP contribution is 2.51. The van der Waals surface area contributed by atoms with Crippen LogP contribution < -0.4 is 0 Å². The Morgan fingerprint density at radius 2 is 2.00 bits per heavy atom. The summed E-state index contributed by atoms with van der Waals surface area (Å²) in [5.41, 5.74) is 3.95. The molecule has 0 spiro atoms. The monoisotopic (exact) mass is 292 g/mol. The zero-order valence-electron chi connectivity index (χ0n) is 12.8. The number of benzene rings is 1. The Balaban J connectivity index is 1.73. The molecule has 0 saturated carbocycles. The molecule has 112 valence electrons. The Bertz CT molecular complexity index is 803. The lowest BCUT2D eigenvalue weighted by atomic mass is 9.79. The van der Waals surface area contributed by atoms with Crippen LogP contribution >= 0.6 is 0 Å². The number of hydrogen-bond donors (Lipinski definition) is 1. The lowest BCUT2D eigenvalue weighted by Gasteiger charge is -2.37. The van der Waals surface area contributed by atoms with Gasteiger partial charge >= 0.3 is 0 Å². The molecule has 4 atom stereocenters. The summed E-state index contributed by atoms with van der Waals surface area (Å²) >= 11 is 0. The average Bonchev–Trinajstić information content (AvgIpc) is 3.05. The second-order valence-electron chi connectivity index (χ2n) is 7.02. The van der Waals surface area contributed by atoms with Gasteiger partial charge < -0.3 is 9.88 Å². The Labute approximate surface area is 130 Å². The van der Waals surface area contributed by atoms with E-state index in [0.29, 0.717) is 17.9 Å². The zero-order valence-corrected chi connectivity index (χ0v) is 12.8. The van der Waals surface area contributed by atoms with E-state index in [2.05, 4.69) is 53.2 Å². The molecule has 3 nitrogen and oxygen atoms in total. The number of aromatic amines is 1. The number of nitrogens with one attached hydrogen (secondary N) is 1. The number of H-pyrrole nitrogens is 1. The number of fused-ring (bicyclic) bond motifs is 7. The van der Waals surface area contributed by atoms with Gasteiger partial charge in [-0.3, -0.25) is 4.79 Å². The molecule has 1 aromatic heterocycles. The van der Waals surface area contributed by atoms with Crippen molar-refractivity contribution in [1.82, 2.24) is 9.88 Å². The number of allylic oxidation sites excluding steroid dienone is 2. The van der Waals surface area contributed by atoms with Gasteiger partial charge in [0.25, 0.3) is 0 Å². The van der Waals surface area contributed by atoms with Crippen molar-refractivity contribution < 1.29 is 4.79 Å². The number of hydrogen-bond acceptors (Lipinski definition) is 1. The third-order valence-electron chi connectivity index (χ3n) is 5.88. The first-order valence-corrected chi connectivity index (χ1v) is 8.32. The quantitative estimate of drug-likeness (QED) is 0.740. The maximum Gasteiger partial charge on any atom is 0.227 e. The molecule has 2 aromatic rings. The summed E-state index contributed by atoms with van der Waals surface area (Å²) in [5, 5.41) is 1.34. The van der Waals surface area contributed by atoms with Crippen LogP contribution in [-0.2, 0) is 11.2 Å². The molecule has 3 heteroatoms. The second-order valence-corrected chi connectivity index (χ2v) is 7.02. The molecule has 1 amide bonds. The van der Waals surface area contributed by atoms with E-state index in [1.807, 2.05) is 0 Å². The molecule has 0 bridgehead atoms. The van der Waals surface area contributed by atoms with Crippen molar-refractivity contribution in [2.75, 3.05) is 0 Å². The Hall–Kier alpha value is -2.03. The Morgan fingerprint density at radius 3 is 2.91 bits per heavy atom. The predicted molar refractivity (Wildman–Crippen MR) is 86.4 cm³/mol. The van der Waals surface area contributed by atoms with Gasteiger partial charge in [0.1, 0.15) is 0 Å². The molecule has 1 aromatic carbocycles. The van der Waals surface area contributed by atoms with Gasteiger partial charge in [-0.1, -0.05) is 30.4 Å². The van der Waals surface area contributed by atoms with Gasteiger partial charge in [0.2, 0.25) is 5.91 Å². The van der Waals surface area contributed by atoms with Gasteiger partial charge in [-0.15, -0.1) is 0 Å². The van der Waals surface area contributed by atoms with Crippen LogP contribution in [0.25, 0.3) is 10.9 Å². The standard InChI is InChI=1S/C19H20N2O/c1-11-10-15-12-6-4-5-9-16(12)20-17(15)18-13-7-2-3-8-14(13)19(22)21(11)18/h2-6,9,11,13-14,18,20H,7-8,10H2,1H3/t11-,13-,14-,18-/m0/s1. The van der Waals surface area contributed by atoms with Gasteiger partial charge in [-0.05, 0) is 37.8 Å². The molecule has 0 unspecified atom stereocenters. The van der Waals surface area contributed by atoms with Crippen LogP contribution in [0.4, 0.5) is 0 Å². The molecule has 2 aliphatic heterocycles. The van der Waals surface area contributed by atoms with Gasteiger partial charge in [-0.25, -0.2) is 0 Å². The molecule has 1 N–H and O–H groups in total. The predicted octanol–water partition coefficient (Wildman–Crippen LogP) is 3.58. The summed E-state index contributed by atoms with van der Waals surface area (Å²) in [6.45, 7) is 2.21. The minimum Gasteiger partial charge on any atom is -0.356 e. The van der Waals surface area contributed by atoms with E-state index in [1.165, 1.54) is 22.2 Å². The lowest BCUT2D eigenvalue weighted by molar-refractivity contribution is -0.134. The van der Waals surface area contributed by atoms with Gasteiger partial charge in [0, 0.05) is 34.5 Å². The number of aromatic nitrogens is 1. The fraction of sp³-hybridized carbons (Fsp3) is 0.421. The van der Waals surface area contributed by atoms with E-state index < -0.39 is 0 Å². The summed E-state index contributed by atoms with van der Waals surface area (Å²) in [7, 11) is 0. The van der Waals surface area contributed by atoms with Crippen LogP contribution in [0, 0.1) is 11.8 Å². The highest BCUT2D eigenvalue weighted by Gasteiger charge is 2.52. The van der Waals surface area contributed by atoms with Crippen LogP contribution in [0.3, 0.4) is 0 Å². The van der Waals surface area contributed by atoms with Crippen molar-refractivity contribution in [3.05, 3.63) is 47.7 Å². The summed E-state index contributed by atoms with van der Waals surface area (Å²) < 4.78 is 0. The summed E-state index contributed by atoms with van der Waals surface area (Å²) in [5.74, 6) is 0.998. The molecular weight excluding hydrogens is 272 g/mol. The first-order chi connectivity index (χ1) is 10.8. The summed E-state index contributed by atoms with van der Waals surface area (Å²) in [6.07, 6.45) is 7.36. The topological polar surface area (TPSA) is 36.1 Å². The molecule has 1 fully saturated rings. The molecule has 3 heterocycles. The number of nitrogens with zero attached hydrogens (tertiary/aromatic N) is 1. The SMILES string of the molecule is C[C@H]1Cc2c([nH]c3ccccc23)[C@@H]2[C@H]3CC=CC[C@@H]3C(=O)N21. The molecule has 5 rings (SSSR count). The van der Waals surface area contributed by atoms with Crippen molar-refractivity contribution in [3.8, 4) is 0 Å². The maximum atomic E-state index is 12.9. The van der Waals surface area contributed by atoms with Crippen molar-refractivity contribution in [1.29, 1.82) is 0 Å². The van der Waals surface area contributed by atoms with Gasteiger partial charge in [0.05, 0.1) is 6.04 Å². The Morgan fingerprint density at radius 1 is 1.18 bits per heavy atom. The van der Waals surface area contributed by atoms with E-state index in [9.17, 15) is 4.79 Å². The lowest BCUT2D eigenvalue weighted by Crippen LogP contribution is -2.42. The number of para-hydroxylation sites is 1. The zero-order chi connectivity index (χ0) is 14.8. The largest absolute Gasteiger partial charge is 0.356 e. The molecule has 22 heavy (non-hydrogen) atoms. The fourth-order valence-corrected chi connectivity index (χ4v) is 4.93. The molecular formula is C19H20N2O. The minimum absolute atomic E-state index is 0.190. The normalized spacial score (nSPS) is 33.0. The average molecular weight is 292 g/mol.